The maximum atomic E-state index is 14.2. The summed E-state index contributed by atoms with van der Waals surface area (Å²) in [6, 6.07) is 17.2. The molecule has 0 saturated heterocycles. The summed E-state index contributed by atoms with van der Waals surface area (Å²) in [5.74, 6) is -0.238. The van der Waals surface area contributed by atoms with E-state index >= 15 is 0 Å². The van der Waals surface area contributed by atoms with Crippen molar-refractivity contribution < 1.29 is 27.5 Å². The van der Waals surface area contributed by atoms with Crippen molar-refractivity contribution in [2.75, 3.05) is 31.6 Å². The average Bonchev–Trinajstić information content (AvgIpc) is 2.99. The predicted octanol–water partition coefficient (Wildman–Crippen LogP) is 5.19. The molecule has 2 amide bonds. The minimum Gasteiger partial charge on any atom is -0.493 e. The number of rotatable bonds is 14. The van der Waals surface area contributed by atoms with Crippen LogP contribution in [0.15, 0.2) is 71.6 Å². The fourth-order valence-electron chi connectivity index (χ4n) is 4.50. The van der Waals surface area contributed by atoms with Crippen LogP contribution in [0, 0.1) is 6.92 Å². The molecule has 0 aliphatic heterocycles. The number of benzene rings is 3. The van der Waals surface area contributed by atoms with E-state index in [2.05, 4.69) is 5.32 Å². The van der Waals surface area contributed by atoms with E-state index in [4.69, 9.17) is 21.1 Å². The Kier molecular flexibility index (Phi) is 11.6. The number of halogens is 1. The van der Waals surface area contributed by atoms with Crippen LogP contribution >= 0.6 is 11.6 Å². The van der Waals surface area contributed by atoms with Crippen LogP contribution in [0.3, 0.4) is 0 Å². The molecule has 1 N–H and O–H groups in total. The van der Waals surface area contributed by atoms with Gasteiger partial charge in [-0.05, 0) is 67.3 Å². The topological polar surface area (TPSA) is 105 Å². The standard InChI is InChI=1S/C31H38ClN3O6S/c1-6-18-33-31(37)27(7-2)34(20-23-11-9-8-10-22(23)3)30(36)21-35(25-14-12-24(32)13-15-25)42(38,39)26-16-17-28(40-4)29(19-26)41-5/h8-17,19,27H,6-7,18,20-21H2,1-5H3,(H,33,37). The third kappa shape index (κ3) is 7.74. The fourth-order valence-corrected chi connectivity index (χ4v) is 6.05. The van der Waals surface area contributed by atoms with Crippen LogP contribution < -0.4 is 19.1 Å². The summed E-state index contributed by atoms with van der Waals surface area (Å²) in [6.45, 7) is 5.74. The Morgan fingerprint density at radius 1 is 0.952 bits per heavy atom. The number of hydrogen-bond donors (Lipinski definition) is 1. The Hall–Kier alpha value is -3.76. The molecule has 42 heavy (non-hydrogen) atoms. The number of methoxy groups -OCH3 is 2. The molecule has 226 valence electrons. The minimum atomic E-state index is -4.29. The van der Waals surface area contributed by atoms with E-state index in [0.29, 0.717) is 23.7 Å². The second-order valence-corrected chi connectivity index (χ2v) is 12.0. The maximum absolute atomic E-state index is 14.2. The van der Waals surface area contributed by atoms with Gasteiger partial charge in [0.15, 0.2) is 11.5 Å². The van der Waals surface area contributed by atoms with E-state index < -0.39 is 28.5 Å². The lowest BCUT2D eigenvalue weighted by atomic mass is 10.1. The summed E-state index contributed by atoms with van der Waals surface area (Å²) in [7, 11) is -1.43. The Bertz CT molecular complexity index is 1480. The molecule has 3 aromatic rings. The monoisotopic (exact) mass is 615 g/mol. The van der Waals surface area contributed by atoms with Gasteiger partial charge in [-0.15, -0.1) is 0 Å². The zero-order valence-electron chi connectivity index (χ0n) is 24.6. The molecule has 3 aromatic carbocycles. The van der Waals surface area contributed by atoms with E-state index in [9.17, 15) is 18.0 Å². The molecule has 0 aliphatic rings. The van der Waals surface area contributed by atoms with Gasteiger partial charge in [0.2, 0.25) is 11.8 Å². The van der Waals surface area contributed by atoms with Crippen LogP contribution in [0.5, 0.6) is 11.5 Å². The van der Waals surface area contributed by atoms with Gasteiger partial charge in [0.1, 0.15) is 12.6 Å². The van der Waals surface area contributed by atoms with Crippen LogP contribution in [-0.2, 0) is 26.2 Å². The number of anilines is 1. The van der Waals surface area contributed by atoms with Gasteiger partial charge in [0.25, 0.3) is 10.0 Å². The number of nitrogens with zero attached hydrogens (tertiary/aromatic N) is 2. The SMILES string of the molecule is CCCNC(=O)C(CC)N(Cc1ccccc1C)C(=O)CN(c1ccc(Cl)cc1)S(=O)(=O)c1ccc(OC)c(OC)c1. The van der Waals surface area contributed by atoms with Crippen molar-refractivity contribution in [3.05, 3.63) is 82.9 Å². The number of hydrogen-bond acceptors (Lipinski definition) is 6. The zero-order chi connectivity index (χ0) is 30.9. The van der Waals surface area contributed by atoms with Crippen molar-refractivity contribution in [2.45, 2.75) is 51.1 Å². The van der Waals surface area contributed by atoms with Crippen molar-refractivity contribution >= 4 is 39.1 Å². The molecule has 0 radical (unpaired) electrons. The lowest BCUT2D eigenvalue weighted by Gasteiger charge is -2.33. The average molecular weight is 616 g/mol. The molecule has 0 aromatic heterocycles. The molecule has 11 heteroatoms. The van der Waals surface area contributed by atoms with Gasteiger partial charge < -0.3 is 19.7 Å². The molecule has 1 unspecified atom stereocenters. The highest BCUT2D eigenvalue weighted by molar-refractivity contribution is 7.92. The normalized spacial score (nSPS) is 11.9. The molecule has 3 rings (SSSR count). The third-order valence-corrected chi connectivity index (χ3v) is 8.90. The summed E-state index contributed by atoms with van der Waals surface area (Å²) >= 11 is 6.10. The summed E-state index contributed by atoms with van der Waals surface area (Å²) in [5.41, 5.74) is 2.04. The first-order chi connectivity index (χ1) is 20.1. The number of ether oxygens (including phenoxy) is 2. The third-order valence-electron chi connectivity index (χ3n) is 6.87. The molecule has 0 bridgehead atoms. The molecule has 9 nitrogen and oxygen atoms in total. The molecule has 0 heterocycles. The second-order valence-electron chi connectivity index (χ2n) is 9.67. The van der Waals surface area contributed by atoms with Gasteiger partial charge in [-0.1, -0.05) is 49.7 Å². The molecular formula is C31H38ClN3O6S. The first-order valence-corrected chi connectivity index (χ1v) is 15.5. The fraction of sp³-hybridized carbons (Fsp3) is 0.355. The van der Waals surface area contributed by atoms with Crippen LogP contribution in [-0.4, -0.2) is 58.5 Å². The molecule has 0 saturated carbocycles. The van der Waals surface area contributed by atoms with Gasteiger partial charge in [-0.3, -0.25) is 13.9 Å². The van der Waals surface area contributed by atoms with E-state index in [1.54, 1.807) is 12.1 Å². The highest BCUT2D eigenvalue weighted by atomic mass is 35.5. The van der Waals surface area contributed by atoms with Crippen molar-refractivity contribution in [2.24, 2.45) is 0 Å². The lowest BCUT2D eigenvalue weighted by Crippen LogP contribution is -2.52. The highest BCUT2D eigenvalue weighted by Gasteiger charge is 2.34. The van der Waals surface area contributed by atoms with Crippen molar-refractivity contribution in [3.63, 3.8) is 0 Å². The first kappa shape index (κ1) is 32.8. The lowest BCUT2D eigenvalue weighted by molar-refractivity contribution is -0.140. The number of nitrogens with one attached hydrogen (secondary N) is 1. The summed E-state index contributed by atoms with van der Waals surface area (Å²) in [5, 5.41) is 3.30. The molecule has 0 aliphatic carbocycles. The summed E-state index contributed by atoms with van der Waals surface area (Å²) < 4.78 is 39.9. The Morgan fingerprint density at radius 3 is 2.21 bits per heavy atom. The molecule has 0 fully saturated rings. The van der Waals surface area contributed by atoms with Crippen LogP contribution in [0.1, 0.15) is 37.8 Å². The van der Waals surface area contributed by atoms with Crippen molar-refractivity contribution in [1.29, 1.82) is 0 Å². The van der Waals surface area contributed by atoms with Crippen LogP contribution in [0.4, 0.5) is 5.69 Å². The Balaban J connectivity index is 2.10. The highest BCUT2D eigenvalue weighted by Crippen LogP contribution is 2.33. The Labute approximate surface area is 253 Å². The van der Waals surface area contributed by atoms with Gasteiger partial charge >= 0.3 is 0 Å². The van der Waals surface area contributed by atoms with E-state index in [0.717, 1.165) is 21.9 Å². The van der Waals surface area contributed by atoms with Gasteiger partial charge in [0.05, 0.1) is 24.8 Å². The largest absolute Gasteiger partial charge is 0.493 e. The van der Waals surface area contributed by atoms with E-state index in [-0.39, 0.29) is 28.8 Å². The number of amides is 2. The molecule has 1 atom stereocenters. The van der Waals surface area contributed by atoms with Gasteiger partial charge in [-0.2, -0.15) is 0 Å². The van der Waals surface area contributed by atoms with E-state index in [1.807, 2.05) is 45.0 Å². The smallest absolute Gasteiger partial charge is 0.264 e. The zero-order valence-corrected chi connectivity index (χ0v) is 26.2. The Morgan fingerprint density at radius 2 is 1.62 bits per heavy atom. The van der Waals surface area contributed by atoms with Crippen LogP contribution in [0.25, 0.3) is 0 Å². The molecule has 0 spiro atoms. The van der Waals surface area contributed by atoms with Gasteiger partial charge in [-0.25, -0.2) is 8.42 Å². The van der Waals surface area contributed by atoms with Crippen LogP contribution in [0.2, 0.25) is 5.02 Å². The second kappa shape index (κ2) is 14.9. The van der Waals surface area contributed by atoms with Crippen molar-refractivity contribution in [3.8, 4) is 11.5 Å². The summed E-state index contributed by atoms with van der Waals surface area (Å²) in [4.78, 5) is 28.7. The van der Waals surface area contributed by atoms with E-state index in [1.165, 1.54) is 49.5 Å². The van der Waals surface area contributed by atoms with Crippen molar-refractivity contribution in [1.82, 2.24) is 10.2 Å². The number of aryl methyl sites for hydroxylation is 1. The number of sulfonamides is 1. The predicted molar refractivity (Wildman–Crippen MR) is 165 cm³/mol. The first-order valence-electron chi connectivity index (χ1n) is 13.7. The number of carbonyl (C=O) groups is 2. The van der Waals surface area contributed by atoms with Gasteiger partial charge in [0, 0.05) is 24.2 Å². The minimum absolute atomic E-state index is 0.0962. The number of carbonyl (C=O) groups excluding carboxylic acids is 2. The summed E-state index contributed by atoms with van der Waals surface area (Å²) in [6.07, 6.45) is 1.08. The molecular weight excluding hydrogens is 578 g/mol. The maximum Gasteiger partial charge on any atom is 0.264 e. The quantitative estimate of drug-likeness (QED) is 0.267.